The summed E-state index contributed by atoms with van der Waals surface area (Å²) in [5.41, 5.74) is 20.6. The van der Waals surface area contributed by atoms with Crippen LogP contribution in [0.5, 0.6) is 11.5 Å². The first kappa shape index (κ1) is 49.2. The zero-order valence-corrected chi connectivity index (χ0v) is 38.3. The highest BCUT2D eigenvalue weighted by Gasteiger charge is 2.23. The number of anilines is 2. The maximum atomic E-state index is 13.7. The van der Waals surface area contributed by atoms with Gasteiger partial charge in [-0.3, -0.25) is 44.3 Å². The number of nitrogens with two attached hydrogens (primary N) is 3. The molecule has 0 aliphatic heterocycles. The van der Waals surface area contributed by atoms with Gasteiger partial charge >= 0.3 is 0 Å². The maximum Gasteiger partial charge on any atom is 0.276 e. The van der Waals surface area contributed by atoms with Crippen LogP contribution in [0.2, 0.25) is 0 Å². The summed E-state index contributed by atoms with van der Waals surface area (Å²) in [5.74, 6) is -1.67. The first-order valence-corrected chi connectivity index (χ1v) is 21.3. The summed E-state index contributed by atoms with van der Waals surface area (Å²) < 4.78 is 16.9. The lowest BCUT2D eigenvalue weighted by atomic mass is 10.1. The lowest BCUT2D eigenvalue weighted by molar-refractivity contribution is -0.117. The average Bonchev–Trinajstić information content (AvgIpc) is 3.96. The minimum Gasteiger partial charge on any atom is -0.494 e. The number of benzene rings is 2. The van der Waals surface area contributed by atoms with E-state index in [2.05, 4.69) is 30.6 Å². The minimum absolute atomic E-state index is 0.0512. The number of allylic oxidation sites excluding steroid dienone is 3. The number of likely N-dealkylation sites (N-methyl/N-ethyl adjacent to an activating group) is 1. The van der Waals surface area contributed by atoms with E-state index in [9.17, 15) is 24.0 Å². The number of methoxy groups -OCH3 is 1. The quantitative estimate of drug-likeness (QED) is 0.0339. The largest absolute Gasteiger partial charge is 0.494 e. The maximum absolute atomic E-state index is 13.7. The van der Waals surface area contributed by atoms with Gasteiger partial charge in [-0.25, -0.2) is 9.97 Å². The fraction of sp³-hybridized carbons (Fsp3) is 0.356. The molecule has 2 aromatic carbocycles. The second kappa shape index (κ2) is 22.7. The molecule has 21 nitrogen and oxygen atoms in total. The van der Waals surface area contributed by atoms with Crippen molar-refractivity contribution in [1.29, 1.82) is 0 Å². The predicted molar refractivity (Wildman–Crippen MR) is 253 cm³/mol. The lowest BCUT2D eigenvalue weighted by Gasteiger charge is -2.19. The summed E-state index contributed by atoms with van der Waals surface area (Å²) in [6, 6.07) is 7.69. The third kappa shape index (κ3) is 12.0. The van der Waals surface area contributed by atoms with Crippen LogP contribution in [0.3, 0.4) is 0 Å². The molecule has 3 heterocycles. The molecule has 0 fully saturated rings. The van der Waals surface area contributed by atoms with Crippen molar-refractivity contribution < 1.29 is 33.4 Å². The van der Waals surface area contributed by atoms with Crippen LogP contribution in [0.25, 0.3) is 22.1 Å². The Hall–Kier alpha value is -7.81. The number of aliphatic imine (C=N–C) groups is 1. The number of primary amides is 2. The third-order valence-corrected chi connectivity index (χ3v) is 10.3. The summed E-state index contributed by atoms with van der Waals surface area (Å²) in [7, 11) is 3.43. The first-order valence-electron chi connectivity index (χ1n) is 21.3. The normalized spacial score (nSPS) is 12.2. The number of hydrogen-bond acceptors (Lipinski definition) is 13. The molecule has 0 aliphatic rings. The van der Waals surface area contributed by atoms with Crippen molar-refractivity contribution in [2.24, 2.45) is 22.2 Å². The van der Waals surface area contributed by atoms with E-state index in [-0.39, 0.29) is 59.9 Å². The molecule has 3 aromatic heterocycles. The summed E-state index contributed by atoms with van der Waals surface area (Å²) in [6.45, 7) is 12.6. The highest BCUT2D eigenvalue weighted by atomic mass is 16.5. The van der Waals surface area contributed by atoms with Crippen LogP contribution in [0.4, 0.5) is 11.9 Å². The monoisotopic (exact) mass is 906 g/mol. The van der Waals surface area contributed by atoms with Gasteiger partial charge in [-0.2, -0.15) is 5.10 Å². The van der Waals surface area contributed by atoms with Crippen LogP contribution in [0.1, 0.15) is 64.6 Å². The molecule has 21 heteroatoms. The van der Waals surface area contributed by atoms with Crippen LogP contribution in [0, 0.1) is 6.92 Å². The fourth-order valence-corrected chi connectivity index (χ4v) is 6.85. The van der Waals surface area contributed by atoms with Gasteiger partial charge in [0.05, 0.1) is 23.8 Å². The van der Waals surface area contributed by atoms with E-state index in [1.54, 1.807) is 63.8 Å². The van der Waals surface area contributed by atoms with E-state index in [1.165, 1.54) is 37.5 Å². The number of nitrogens with zero attached hydrogens (tertiary/aromatic N) is 9. The molecular formula is C45H58N14O7. The van der Waals surface area contributed by atoms with E-state index >= 15 is 0 Å². The van der Waals surface area contributed by atoms with E-state index in [0.717, 1.165) is 19.5 Å². The predicted octanol–water partition coefficient (Wildman–Crippen LogP) is 3.23. The van der Waals surface area contributed by atoms with Crippen molar-refractivity contribution >= 4 is 69.7 Å². The number of hydrogen-bond donors (Lipinski definition) is 5. The standard InChI is InChI=1S/C45H58N14O7/c1-8-49-34(21-28(4)46)42(63)52-44-51-33-24-31(41(48)62)26-37(66-20-14-13-15-56(27-60)19-18-55(6)9-2)39(33)58(44)17-12-11-16-57-38-32(23-30(40(47)61)25-36(38)65-7)50-45(57)53-43(64)35-22-29(5)54-59(35)10-3/h11-14,21-27H,8-10,15-20,46H2,1-7H3,(H2,47,61)(H2,48,62)(H,50,53,64)(H,51,52,63)/b12-11+,14-13-,28-21-,49-34?. The van der Waals surface area contributed by atoms with Gasteiger partial charge in [-0.1, -0.05) is 25.2 Å². The van der Waals surface area contributed by atoms with E-state index in [1.807, 2.05) is 27.0 Å². The molecule has 5 rings (SSSR count). The number of rotatable bonds is 24. The highest BCUT2D eigenvalue weighted by molar-refractivity contribution is 6.47. The van der Waals surface area contributed by atoms with Crippen molar-refractivity contribution in [3.05, 3.63) is 88.9 Å². The Morgan fingerprint density at radius 2 is 1.44 bits per heavy atom. The number of amides is 5. The first-order chi connectivity index (χ1) is 31.6. The van der Waals surface area contributed by atoms with Gasteiger partial charge in [-0.05, 0) is 83.8 Å². The van der Waals surface area contributed by atoms with Crippen LogP contribution in [0.15, 0.2) is 71.4 Å². The second-order valence-corrected chi connectivity index (χ2v) is 15.1. The molecule has 0 saturated heterocycles. The van der Waals surface area contributed by atoms with E-state index < -0.39 is 23.6 Å². The molecule has 0 unspecified atom stereocenters. The fourth-order valence-electron chi connectivity index (χ4n) is 6.85. The highest BCUT2D eigenvalue weighted by Crippen LogP contribution is 2.33. The number of nitrogens with one attached hydrogen (secondary N) is 2. The lowest BCUT2D eigenvalue weighted by Crippen LogP contribution is -2.32. The zero-order chi connectivity index (χ0) is 48.1. The molecule has 350 valence electrons. The van der Waals surface area contributed by atoms with Crippen LogP contribution in [-0.4, -0.2) is 128 Å². The minimum atomic E-state index is -0.722. The van der Waals surface area contributed by atoms with Gasteiger partial charge in [0.2, 0.25) is 30.1 Å². The van der Waals surface area contributed by atoms with Gasteiger partial charge < -0.3 is 45.6 Å². The van der Waals surface area contributed by atoms with Crippen molar-refractivity contribution in [2.45, 2.75) is 54.3 Å². The molecule has 0 bridgehead atoms. The molecule has 0 radical (unpaired) electrons. The molecule has 5 amide bonds. The summed E-state index contributed by atoms with van der Waals surface area (Å²) in [4.78, 5) is 81.4. The zero-order valence-electron chi connectivity index (χ0n) is 38.3. The molecule has 0 spiro atoms. The molecule has 5 aromatic rings. The smallest absolute Gasteiger partial charge is 0.276 e. The number of aryl methyl sites for hydroxylation is 2. The van der Waals surface area contributed by atoms with Crippen LogP contribution in [-0.2, 0) is 29.2 Å². The molecule has 8 N–H and O–H groups in total. The van der Waals surface area contributed by atoms with E-state index in [0.29, 0.717) is 65.3 Å². The summed E-state index contributed by atoms with van der Waals surface area (Å²) >= 11 is 0. The number of carbonyl (C=O) groups excluding carboxylic acids is 5. The van der Waals surface area contributed by atoms with Gasteiger partial charge in [-0.15, -0.1) is 0 Å². The molecule has 0 aliphatic carbocycles. The van der Waals surface area contributed by atoms with Crippen molar-refractivity contribution in [3.8, 4) is 11.5 Å². The molecular weight excluding hydrogens is 849 g/mol. The Bertz CT molecular complexity index is 2720. The Kier molecular flexibility index (Phi) is 16.9. The number of ether oxygens (including phenoxy) is 2. The van der Waals surface area contributed by atoms with Crippen molar-refractivity contribution in [2.75, 3.05) is 64.1 Å². The molecule has 66 heavy (non-hydrogen) atoms. The number of aromatic nitrogens is 6. The topological polar surface area (TPSA) is 278 Å². The van der Waals surface area contributed by atoms with Gasteiger partial charge in [0.25, 0.3) is 11.8 Å². The molecule has 0 saturated carbocycles. The summed E-state index contributed by atoms with van der Waals surface area (Å²) in [6.07, 6.45) is 9.42. The van der Waals surface area contributed by atoms with Crippen LogP contribution < -0.4 is 37.3 Å². The third-order valence-electron chi connectivity index (χ3n) is 10.3. The van der Waals surface area contributed by atoms with Gasteiger partial charge in [0.15, 0.2) is 0 Å². The van der Waals surface area contributed by atoms with Crippen molar-refractivity contribution in [3.63, 3.8) is 0 Å². The Labute approximate surface area is 382 Å². The SMILES string of the molecule is CCN=C(/C=C(/C)N)C(=O)Nc1nc2cc(C(N)=O)cc(OC/C=C\CN(C=O)CCN(C)CC)c2n1C/C=C/Cn1c(NC(=O)c2cc(C)nn2CC)nc2cc(C(N)=O)cc(OC)c21. The van der Waals surface area contributed by atoms with Gasteiger partial charge in [0, 0.05) is 62.6 Å². The summed E-state index contributed by atoms with van der Waals surface area (Å²) in [5, 5.41) is 10.1. The molecule has 0 atom stereocenters. The number of fused-ring (bicyclic) bond motifs is 2. The number of imidazole rings is 2. The average molecular weight is 907 g/mol. The van der Waals surface area contributed by atoms with Crippen LogP contribution >= 0.6 is 0 Å². The Morgan fingerprint density at radius 1 is 0.833 bits per heavy atom. The van der Waals surface area contributed by atoms with E-state index in [4.69, 9.17) is 31.7 Å². The number of carbonyl (C=O) groups is 5. The second-order valence-electron chi connectivity index (χ2n) is 15.1. The Balaban J connectivity index is 1.55. The Morgan fingerprint density at radius 3 is 1.98 bits per heavy atom. The van der Waals surface area contributed by atoms with Crippen molar-refractivity contribution in [1.82, 2.24) is 38.7 Å². The van der Waals surface area contributed by atoms with Gasteiger partial charge in [0.1, 0.15) is 40.5 Å².